The predicted octanol–water partition coefficient (Wildman–Crippen LogP) is 0.303. The van der Waals surface area contributed by atoms with Gasteiger partial charge in [0.05, 0.1) is 33.2 Å². The van der Waals surface area contributed by atoms with E-state index in [1.807, 2.05) is 0 Å². The minimum atomic E-state index is -0.818. The van der Waals surface area contributed by atoms with Crippen LogP contribution < -0.4 is 0 Å². The van der Waals surface area contributed by atoms with E-state index in [1.165, 1.54) is 14.2 Å². The van der Waals surface area contributed by atoms with Gasteiger partial charge in [0.15, 0.2) is 0 Å². The Hall–Kier alpha value is -1.14. The summed E-state index contributed by atoms with van der Waals surface area (Å²) in [6.07, 6.45) is 0.434. The van der Waals surface area contributed by atoms with E-state index in [0.717, 1.165) is 0 Å². The standard InChI is InChI=1S/C5H10O3.C4H8O3/c1-7-4-3-5(6)8-2;1-7-3-2-4(5)6/h3-4H2,1-2H3;2-3H2,1H3,(H,5,6). The first-order valence-corrected chi connectivity index (χ1v) is 4.35. The van der Waals surface area contributed by atoms with Crippen molar-refractivity contribution in [3.05, 3.63) is 0 Å². The number of hydrogen-bond donors (Lipinski definition) is 1. The van der Waals surface area contributed by atoms with Crippen LogP contribution in [0.5, 0.6) is 0 Å². The van der Waals surface area contributed by atoms with Crippen LogP contribution in [0.3, 0.4) is 0 Å². The Morgan fingerprint density at radius 3 is 1.73 bits per heavy atom. The molecular weight excluding hydrogens is 204 g/mol. The fourth-order valence-corrected chi connectivity index (χ4v) is 0.477. The fraction of sp³-hybridized carbons (Fsp3) is 0.778. The van der Waals surface area contributed by atoms with Crippen LogP contribution in [0, 0.1) is 0 Å². The second-order valence-electron chi connectivity index (χ2n) is 2.46. The summed E-state index contributed by atoms with van der Waals surface area (Å²) in [6.45, 7) is 0.738. The van der Waals surface area contributed by atoms with Gasteiger partial charge >= 0.3 is 11.9 Å². The summed E-state index contributed by atoms with van der Waals surface area (Å²) in [5, 5.41) is 7.96. The first-order valence-electron chi connectivity index (χ1n) is 4.35. The zero-order chi connectivity index (χ0) is 12.1. The van der Waals surface area contributed by atoms with Crippen LogP contribution in [0.15, 0.2) is 0 Å². The molecule has 0 fully saturated rings. The number of hydrogen-bond acceptors (Lipinski definition) is 5. The molecule has 6 heteroatoms. The maximum Gasteiger partial charge on any atom is 0.307 e. The number of methoxy groups -OCH3 is 3. The molecule has 0 heterocycles. The normalized spacial score (nSPS) is 8.73. The third-order valence-corrected chi connectivity index (χ3v) is 1.26. The van der Waals surface area contributed by atoms with Crippen molar-refractivity contribution in [1.29, 1.82) is 0 Å². The summed E-state index contributed by atoms with van der Waals surface area (Å²) in [6, 6.07) is 0. The number of rotatable bonds is 6. The van der Waals surface area contributed by atoms with Crippen molar-refractivity contribution in [2.75, 3.05) is 34.5 Å². The number of carboxylic acids is 1. The molecule has 0 aromatic heterocycles. The molecule has 0 bridgehead atoms. The number of ether oxygens (including phenoxy) is 3. The summed E-state index contributed by atoms with van der Waals surface area (Å²) < 4.78 is 13.4. The van der Waals surface area contributed by atoms with Crippen LogP contribution in [-0.4, -0.2) is 51.6 Å². The van der Waals surface area contributed by atoms with Crippen molar-refractivity contribution in [3.8, 4) is 0 Å². The van der Waals surface area contributed by atoms with E-state index in [1.54, 1.807) is 7.11 Å². The van der Waals surface area contributed by atoms with E-state index in [0.29, 0.717) is 19.6 Å². The predicted molar refractivity (Wildman–Crippen MR) is 52.6 cm³/mol. The zero-order valence-corrected chi connectivity index (χ0v) is 9.32. The summed E-state index contributed by atoms with van der Waals surface area (Å²) in [5.74, 6) is -1.05. The second-order valence-corrected chi connectivity index (χ2v) is 2.46. The van der Waals surface area contributed by atoms with Crippen molar-refractivity contribution in [2.24, 2.45) is 0 Å². The molecular formula is C9H18O6. The van der Waals surface area contributed by atoms with Gasteiger partial charge < -0.3 is 19.3 Å². The lowest BCUT2D eigenvalue weighted by molar-refractivity contribution is -0.141. The Bertz CT molecular complexity index is 168. The van der Waals surface area contributed by atoms with Crippen LogP contribution in [0.25, 0.3) is 0 Å². The van der Waals surface area contributed by atoms with Crippen LogP contribution in [0.2, 0.25) is 0 Å². The second kappa shape index (κ2) is 12.9. The molecule has 6 nitrogen and oxygen atoms in total. The van der Waals surface area contributed by atoms with Gasteiger partial charge in [-0.05, 0) is 0 Å². The minimum absolute atomic E-state index is 0.0938. The lowest BCUT2D eigenvalue weighted by Gasteiger charge is -1.94. The van der Waals surface area contributed by atoms with Gasteiger partial charge in [0, 0.05) is 14.2 Å². The molecule has 0 rings (SSSR count). The smallest absolute Gasteiger partial charge is 0.307 e. The molecule has 0 saturated heterocycles. The van der Waals surface area contributed by atoms with E-state index < -0.39 is 5.97 Å². The molecule has 0 atom stereocenters. The highest BCUT2D eigenvalue weighted by molar-refractivity contribution is 5.69. The number of carbonyl (C=O) groups is 2. The van der Waals surface area contributed by atoms with Gasteiger partial charge in [-0.25, -0.2) is 0 Å². The number of carboxylic acid groups (broad SMARTS) is 1. The van der Waals surface area contributed by atoms with Gasteiger partial charge in [-0.15, -0.1) is 0 Å². The monoisotopic (exact) mass is 222 g/mol. The van der Waals surface area contributed by atoms with Crippen LogP contribution in [0.1, 0.15) is 12.8 Å². The van der Waals surface area contributed by atoms with Crippen LogP contribution >= 0.6 is 0 Å². The maximum atomic E-state index is 10.3. The van der Waals surface area contributed by atoms with Crippen molar-refractivity contribution < 1.29 is 28.9 Å². The molecule has 0 aromatic rings. The van der Waals surface area contributed by atoms with Gasteiger partial charge in [0.2, 0.25) is 0 Å². The molecule has 90 valence electrons. The molecule has 0 aliphatic heterocycles. The SMILES string of the molecule is COCCC(=O)O.COCCC(=O)OC. The highest BCUT2D eigenvalue weighted by atomic mass is 16.5. The van der Waals surface area contributed by atoms with E-state index in [2.05, 4.69) is 14.2 Å². The molecule has 1 N–H and O–H groups in total. The van der Waals surface area contributed by atoms with E-state index in [9.17, 15) is 9.59 Å². The third kappa shape index (κ3) is 19.3. The van der Waals surface area contributed by atoms with Crippen LogP contribution in [0.4, 0.5) is 0 Å². The Labute approximate surface area is 89.1 Å². The van der Waals surface area contributed by atoms with Crippen molar-refractivity contribution in [2.45, 2.75) is 12.8 Å². The van der Waals surface area contributed by atoms with Gasteiger partial charge in [0.25, 0.3) is 0 Å². The lowest BCUT2D eigenvalue weighted by atomic mass is 10.5. The lowest BCUT2D eigenvalue weighted by Crippen LogP contribution is -2.03. The van der Waals surface area contributed by atoms with Crippen molar-refractivity contribution in [1.82, 2.24) is 0 Å². The van der Waals surface area contributed by atoms with E-state index in [4.69, 9.17) is 5.11 Å². The topological polar surface area (TPSA) is 82.1 Å². The molecule has 0 aliphatic carbocycles. The highest BCUT2D eigenvalue weighted by Crippen LogP contribution is 1.82. The van der Waals surface area contributed by atoms with Crippen LogP contribution in [-0.2, 0) is 23.8 Å². The number of carbonyl (C=O) groups excluding carboxylic acids is 1. The molecule has 0 radical (unpaired) electrons. The summed E-state index contributed by atoms with van der Waals surface area (Å²) in [5.41, 5.74) is 0. The largest absolute Gasteiger partial charge is 0.481 e. The van der Waals surface area contributed by atoms with Gasteiger partial charge in [-0.1, -0.05) is 0 Å². The molecule has 0 spiro atoms. The Balaban J connectivity index is 0. The van der Waals surface area contributed by atoms with Gasteiger partial charge in [-0.3, -0.25) is 9.59 Å². The molecule has 0 amide bonds. The Kier molecular flexibility index (Phi) is 14.0. The first-order chi connectivity index (χ1) is 7.08. The van der Waals surface area contributed by atoms with Gasteiger partial charge in [-0.2, -0.15) is 0 Å². The summed E-state index contributed by atoms with van der Waals surface area (Å²) in [4.78, 5) is 19.9. The van der Waals surface area contributed by atoms with Crippen molar-refractivity contribution in [3.63, 3.8) is 0 Å². The van der Waals surface area contributed by atoms with E-state index >= 15 is 0 Å². The maximum absolute atomic E-state index is 10.3. The molecule has 15 heavy (non-hydrogen) atoms. The average molecular weight is 222 g/mol. The first kappa shape index (κ1) is 16.3. The summed E-state index contributed by atoms with van der Waals surface area (Å²) >= 11 is 0. The Morgan fingerprint density at radius 2 is 1.47 bits per heavy atom. The summed E-state index contributed by atoms with van der Waals surface area (Å²) in [7, 11) is 4.38. The molecule has 0 saturated carbocycles. The average Bonchev–Trinajstić information content (AvgIpc) is 2.23. The molecule has 0 aliphatic rings. The van der Waals surface area contributed by atoms with E-state index in [-0.39, 0.29) is 12.4 Å². The highest BCUT2D eigenvalue weighted by Gasteiger charge is 1.95. The van der Waals surface area contributed by atoms with Gasteiger partial charge in [0.1, 0.15) is 0 Å². The Morgan fingerprint density at radius 1 is 1.00 bits per heavy atom. The zero-order valence-electron chi connectivity index (χ0n) is 9.32. The third-order valence-electron chi connectivity index (χ3n) is 1.26. The van der Waals surface area contributed by atoms with Crippen molar-refractivity contribution >= 4 is 11.9 Å². The minimum Gasteiger partial charge on any atom is -0.481 e. The quantitative estimate of drug-likeness (QED) is 0.651. The molecule has 0 aromatic carbocycles. The fourth-order valence-electron chi connectivity index (χ4n) is 0.477. The molecule has 0 unspecified atom stereocenters. The number of esters is 1. The number of aliphatic carboxylic acids is 1.